The second-order valence-corrected chi connectivity index (χ2v) is 30.2. The van der Waals surface area contributed by atoms with Crippen molar-refractivity contribution in [2.75, 3.05) is 39.6 Å². The van der Waals surface area contributed by atoms with Crippen molar-refractivity contribution in [2.24, 2.45) is 23.7 Å². The summed E-state index contributed by atoms with van der Waals surface area (Å²) in [6.45, 7) is 14.1. The Morgan fingerprint density at radius 1 is 0.311 bits per heavy atom. The fourth-order valence-electron chi connectivity index (χ4n) is 10.6. The Kier molecular flexibility index (Phi) is 59.4. The Bertz CT molecular complexity index is 1780. The number of aliphatic hydroxyl groups excluding tert-OH is 1. The van der Waals surface area contributed by atoms with E-state index in [0.717, 1.165) is 120 Å². The van der Waals surface area contributed by atoms with Gasteiger partial charge in [-0.25, -0.2) is 9.13 Å². The third kappa shape index (κ3) is 63.5. The molecule has 0 heterocycles. The molecule has 0 aliphatic rings. The number of carbonyl (C=O) groups is 4. The molecule has 90 heavy (non-hydrogen) atoms. The molecule has 3 N–H and O–H groups in total. The minimum atomic E-state index is -4.95. The van der Waals surface area contributed by atoms with Gasteiger partial charge in [-0.3, -0.25) is 37.3 Å². The lowest BCUT2D eigenvalue weighted by molar-refractivity contribution is -0.161. The van der Waals surface area contributed by atoms with Crippen LogP contribution in [0.2, 0.25) is 0 Å². The number of hydrogen-bond acceptors (Lipinski definition) is 15. The molecule has 534 valence electrons. The summed E-state index contributed by atoms with van der Waals surface area (Å²) < 4.78 is 68.3. The zero-order chi connectivity index (χ0) is 66.8. The lowest BCUT2D eigenvalue weighted by atomic mass is 10.00. The third-order valence-corrected chi connectivity index (χ3v) is 18.6. The molecule has 0 amide bonds. The monoisotopic (exact) mass is 1320 g/mol. The third-order valence-electron chi connectivity index (χ3n) is 16.7. The van der Waals surface area contributed by atoms with Crippen LogP contribution < -0.4 is 0 Å². The lowest BCUT2D eigenvalue weighted by Gasteiger charge is -2.21. The van der Waals surface area contributed by atoms with Crippen molar-refractivity contribution in [1.29, 1.82) is 0 Å². The van der Waals surface area contributed by atoms with E-state index in [-0.39, 0.29) is 25.7 Å². The summed E-state index contributed by atoms with van der Waals surface area (Å²) in [5.74, 6) is 0.844. The van der Waals surface area contributed by atoms with E-state index in [2.05, 4.69) is 55.4 Å². The van der Waals surface area contributed by atoms with Crippen molar-refractivity contribution < 1.29 is 80.2 Å². The average molecular weight is 1330 g/mol. The Morgan fingerprint density at radius 3 is 0.789 bits per heavy atom. The number of ether oxygens (including phenoxy) is 4. The summed E-state index contributed by atoms with van der Waals surface area (Å²) in [5, 5.41) is 10.6. The first-order chi connectivity index (χ1) is 43.1. The van der Waals surface area contributed by atoms with Gasteiger partial charge in [0.1, 0.15) is 19.3 Å². The van der Waals surface area contributed by atoms with Gasteiger partial charge in [0.2, 0.25) is 0 Å². The summed E-state index contributed by atoms with van der Waals surface area (Å²) in [5.41, 5.74) is 0. The molecule has 0 saturated heterocycles. The minimum absolute atomic E-state index is 0.104. The first-order valence-electron chi connectivity index (χ1n) is 36.7. The summed E-state index contributed by atoms with van der Waals surface area (Å²) in [4.78, 5) is 72.5. The standard InChI is InChI=1S/C71H138O17P2/c1-9-64(8)50-42-34-29-30-36-44-52-69(74)82-58-67(88-71(76)54-46-38-27-21-17-19-24-32-40-48-62(4)5)60-86-90(79,80)84-56-65(72)55-83-89(77,78)85-59-66(57-81-68(73)51-43-35-28-22-25-33-41-49-63(6)7)87-70(75)53-45-37-26-20-16-14-12-10-11-13-15-18-23-31-39-47-61(2)3/h61-67,72H,9-60H2,1-8H3,(H,77,78)(H,79,80)/t64?,65-,66-,67-/m1/s1. The zero-order valence-electron chi connectivity index (χ0n) is 58.8. The van der Waals surface area contributed by atoms with Crippen LogP contribution in [-0.4, -0.2) is 96.7 Å². The first kappa shape index (κ1) is 88.1. The lowest BCUT2D eigenvalue weighted by Crippen LogP contribution is -2.30. The molecule has 0 bridgehead atoms. The van der Waals surface area contributed by atoms with E-state index >= 15 is 0 Å². The number of esters is 4. The van der Waals surface area contributed by atoms with E-state index in [0.29, 0.717) is 31.6 Å². The van der Waals surface area contributed by atoms with Crippen molar-refractivity contribution in [3.8, 4) is 0 Å². The molecule has 0 aromatic heterocycles. The fraction of sp³-hybridized carbons (Fsp3) is 0.944. The highest BCUT2D eigenvalue weighted by atomic mass is 31.2. The maximum atomic E-state index is 13.0. The van der Waals surface area contributed by atoms with Crippen molar-refractivity contribution in [2.45, 2.75) is 369 Å². The molecule has 0 radical (unpaired) electrons. The van der Waals surface area contributed by atoms with E-state index in [4.69, 9.17) is 37.0 Å². The fourth-order valence-corrected chi connectivity index (χ4v) is 12.2. The molecule has 19 heteroatoms. The molecule has 0 rings (SSSR count). The molecule has 0 fully saturated rings. The zero-order valence-corrected chi connectivity index (χ0v) is 60.6. The van der Waals surface area contributed by atoms with Gasteiger partial charge in [-0.1, -0.05) is 299 Å². The van der Waals surface area contributed by atoms with E-state index in [1.165, 1.54) is 141 Å². The summed E-state index contributed by atoms with van der Waals surface area (Å²) in [6.07, 6.45) is 43.2. The molecule has 6 atom stereocenters. The van der Waals surface area contributed by atoms with Gasteiger partial charge in [-0.05, 0) is 49.4 Å². The van der Waals surface area contributed by atoms with Crippen LogP contribution in [0.4, 0.5) is 0 Å². The number of aliphatic hydroxyl groups is 1. The van der Waals surface area contributed by atoms with Gasteiger partial charge < -0.3 is 33.8 Å². The topological polar surface area (TPSA) is 237 Å². The SMILES string of the molecule is CCC(C)CCCCCCCCC(=O)OC[C@H](COP(=O)(O)OC[C@H](O)COP(=O)(O)OC[C@@H](COC(=O)CCCCCCCCCC(C)C)OC(=O)CCCCCCCCCCCCCCCCCC(C)C)OC(=O)CCCCCCCCCCCC(C)C. The van der Waals surface area contributed by atoms with Gasteiger partial charge in [-0.15, -0.1) is 0 Å². The van der Waals surface area contributed by atoms with Gasteiger partial charge in [0.25, 0.3) is 0 Å². The average Bonchev–Trinajstić information content (AvgIpc) is 3.53. The molecular formula is C71H138O17P2. The summed E-state index contributed by atoms with van der Waals surface area (Å²) >= 11 is 0. The summed E-state index contributed by atoms with van der Waals surface area (Å²) in [6, 6.07) is 0. The van der Waals surface area contributed by atoms with Crippen LogP contribution in [0.25, 0.3) is 0 Å². The van der Waals surface area contributed by atoms with E-state index in [1.807, 2.05) is 0 Å². The summed E-state index contributed by atoms with van der Waals surface area (Å²) in [7, 11) is -9.90. The maximum Gasteiger partial charge on any atom is 0.472 e. The number of hydrogen-bond donors (Lipinski definition) is 3. The second kappa shape index (κ2) is 60.7. The predicted molar refractivity (Wildman–Crippen MR) is 363 cm³/mol. The Hall–Kier alpha value is -1.94. The highest BCUT2D eigenvalue weighted by Gasteiger charge is 2.30. The number of rotatable bonds is 68. The molecule has 0 aromatic carbocycles. The Balaban J connectivity index is 5.22. The quantitative estimate of drug-likeness (QED) is 0.0222. The molecule has 0 aliphatic heterocycles. The van der Waals surface area contributed by atoms with Gasteiger partial charge in [-0.2, -0.15) is 0 Å². The van der Waals surface area contributed by atoms with Crippen molar-refractivity contribution >= 4 is 39.5 Å². The van der Waals surface area contributed by atoms with Crippen LogP contribution in [0.15, 0.2) is 0 Å². The molecule has 17 nitrogen and oxygen atoms in total. The van der Waals surface area contributed by atoms with Crippen LogP contribution in [0.1, 0.15) is 351 Å². The van der Waals surface area contributed by atoms with Crippen molar-refractivity contribution in [1.82, 2.24) is 0 Å². The van der Waals surface area contributed by atoms with Crippen molar-refractivity contribution in [3.05, 3.63) is 0 Å². The van der Waals surface area contributed by atoms with Crippen LogP contribution >= 0.6 is 15.6 Å². The predicted octanol–water partition coefficient (Wildman–Crippen LogP) is 20.1. The highest BCUT2D eigenvalue weighted by Crippen LogP contribution is 2.45. The number of carbonyl (C=O) groups excluding carboxylic acids is 4. The van der Waals surface area contributed by atoms with Crippen LogP contribution in [0, 0.1) is 23.7 Å². The molecule has 3 unspecified atom stereocenters. The Morgan fingerprint density at radius 2 is 0.533 bits per heavy atom. The van der Waals surface area contributed by atoms with Gasteiger partial charge in [0, 0.05) is 25.7 Å². The van der Waals surface area contributed by atoms with E-state index < -0.39 is 97.5 Å². The first-order valence-corrected chi connectivity index (χ1v) is 39.7. The second-order valence-electron chi connectivity index (χ2n) is 27.3. The van der Waals surface area contributed by atoms with E-state index in [9.17, 15) is 43.2 Å². The van der Waals surface area contributed by atoms with Gasteiger partial charge in [0.15, 0.2) is 12.2 Å². The largest absolute Gasteiger partial charge is 0.472 e. The normalized spacial score (nSPS) is 14.6. The highest BCUT2D eigenvalue weighted by molar-refractivity contribution is 7.47. The molecule has 0 aromatic rings. The smallest absolute Gasteiger partial charge is 0.462 e. The van der Waals surface area contributed by atoms with Gasteiger partial charge in [0.05, 0.1) is 26.4 Å². The van der Waals surface area contributed by atoms with Gasteiger partial charge >= 0.3 is 39.5 Å². The molecule has 0 saturated carbocycles. The number of phosphoric ester groups is 2. The Labute approximate surface area is 549 Å². The van der Waals surface area contributed by atoms with E-state index in [1.54, 1.807) is 0 Å². The van der Waals surface area contributed by atoms with Crippen LogP contribution in [-0.2, 0) is 65.4 Å². The van der Waals surface area contributed by atoms with Crippen LogP contribution in [0.5, 0.6) is 0 Å². The van der Waals surface area contributed by atoms with Crippen LogP contribution in [0.3, 0.4) is 0 Å². The van der Waals surface area contributed by atoms with Crippen molar-refractivity contribution in [3.63, 3.8) is 0 Å². The number of unbranched alkanes of at least 4 members (excludes halogenated alkanes) is 33. The molecular weight excluding hydrogens is 1190 g/mol. The minimum Gasteiger partial charge on any atom is -0.462 e. The number of phosphoric acid groups is 2. The maximum absolute atomic E-state index is 13.0. The molecule has 0 spiro atoms. The molecule has 0 aliphatic carbocycles.